The number of allylic oxidation sites excluding steroid dienone is 1. The van der Waals surface area contributed by atoms with E-state index in [1.54, 1.807) is 19.1 Å². The van der Waals surface area contributed by atoms with Crippen molar-refractivity contribution in [2.24, 2.45) is 5.41 Å². The Hall–Kier alpha value is -4.87. The summed E-state index contributed by atoms with van der Waals surface area (Å²) in [6.45, 7) is 2.05. The molecule has 0 saturated carbocycles. The van der Waals surface area contributed by atoms with Crippen molar-refractivity contribution < 1.29 is 73.6 Å². The average molecular weight is 754 g/mol. The first kappa shape index (κ1) is 38.8. The summed E-state index contributed by atoms with van der Waals surface area (Å²) >= 11 is 0. The molecular weight excluding hydrogens is 710 g/mol. The standard InChI is InChI=1S/C38H43NO15/c1-17-30(42)21(39-36(49)53-18-7-4-5-11-37(2,12-10-18)35(47)48)13-25(52-17)54-23-15-38(50,24(41)16-40)14-20-27(23)34(46)29-28(32(20)44)31(43)19-8-6-9-22(51-3)26(19)33(29)45/h4,6-9,17-18,21,23,25,30,40,42,44,46,50H,5,10-16H2,1-3H3,(H,39,49)(H,47,48)/b7-4+/t17?,18-,21?,23+,25+,30-,37+,38+/m1/s1. The first-order chi connectivity index (χ1) is 25.5. The highest BCUT2D eigenvalue weighted by Crippen LogP contribution is 2.52. The number of Topliss-reactive ketones (excluding diaryl/α,β-unsaturated/α-hetero) is 1. The van der Waals surface area contributed by atoms with Gasteiger partial charge in [-0.15, -0.1) is 0 Å². The maximum Gasteiger partial charge on any atom is 0.408 e. The van der Waals surface area contributed by atoms with Crippen LogP contribution in [0.1, 0.15) is 101 Å². The van der Waals surface area contributed by atoms with Crippen LogP contribution in [0, 0.1) is 5.41 Å². The van der Waals surface area contributed by atoms with Gasteiger partial charge in [-0.3, -0.25) is 19.2 Å². The Labute approximate surface area is 309 Å². The van der Waals surface area contributed by atoms with Gasteiger partial charge in [0.2, 0.25) is 5.78 Å². The maximum atomic E-state index is 13.9. The molecule has 1 aliphatic heterocycles. The first-order valence-corrected chi connectivity index (χ1v) is 17.6. The van der Waals surface area contributed by atoms with Gasteiger partial charge in [0.05, 0.1) is 47.5 Å². The summed E-state index contributed by atoms with van der Waals surface area (Å²) in [5.74, 6) is -5.11. The van der Waals surface area contributed by atoms with E-state index in [9.17, 15) is 54.6 Å². The zero-order chi connectivity index (χ0) is 39.3. The number of carboxylic acid groups (broad SMARTS) is 1. The van der Waals surface area contributed by atoms with Gasteiger partial charge in [0.25, 0.3) is 0 Å². The number of aliphatic hydroxyl groups is 3. The van der Waals surface area contributed by atoms with E-state index in [-0.39, 0.29) is 47.3 Å². The van der Waals surface area contributed by atoms with Crippen LogP contribution in [0.5, 0.6) is 17.2 Å². The Morgan fingerprint density at radius 1 is 1.06 bits per heavy atom. The van der Waals surface area contributed by atoms with Gasteiger partial charge in [-0.2, -0.15) is 0 Å². The number of alkyl carbamates (subject to hydrolysis) is 1. The van der Waals surface area contributed by atoms with E-state index < -0.39 is 119 Å². The molecule has 6 rings (SSSR count). The number of phenols is 2. The molecule has 0 spiro atoms. The Balaban J connectivity index is 1.29. The third-order valence-corrected chi connectivity index (χ3v) is 11.0. The normalized spacial score (nSPS) is 31.1. The number of benzene rings is 2. The Bertz CT molecular complexity index is 1920. The van der Waals surface area contributed by atoms with Crippen molar-refractivity contribution in [3.63, 3.8) is 0 Å². The van der Waals surface area contributed by atoms with Crippen molar-refractivity contribution in [3.05, 3.63) is 63.7 Å². The van der Waals surface area contributed by atoms with Gasteiger partial charge in [0, 0.05) is 36.0 Å². The van der Waals surface area contributed by atoms with Crippen molar-refractivity contribution in [2.75, 3.05) is 13.7 Å². The second-order valence-corrected chi connectivity index (χ2v) is 14.6. The van der Waals surface area contributed by atoms with E-state index in [0.717, 1.165) is 0 Å². The summed E-state index contributed by atoms with van der Waals surface area (Å²) in [5.41, 5.74) is -5.16. The number of hydrogen-bond donors (Lipinski definition) is 7. The molecule has 0 bridgehead atoms. The van der Waals surface area contributed by atoms with Gasteiger partial charge in [-0.1, -0.05) is 18.2 Å². The van der Waals surface area contributed by atoms with Crippen LogP contribution in [0.25, 0.3) is 0 Å². The van der Waals surface area contributed by atoms with Crippen molar-refractivity contribution >= 4 is 29.4 Å². The van der Waals surface area contributed by atoms with Crippen LogP contribution in [0.4, 0.5) is 4.79 Å². The first-order valence-electron chi connectivity index (χ1n) is 17.6. The number of nitrogens with one attached hydrogen (secondary N) is 1. The van der Waals surface area contributed by atoms with Crippen LogP contribution in [-0.2, 0) is 30.2 Å². The molecule has 1 heterocycles. The number of phenolic OH excluding ortho intramolecular Hbond substituents is 2. The highest BCUT2D eigenvalue weighted by atomic mass is 16.7. The molecule has 7 N–H and O–H groups in total. The van der Waals surface area contributed by atoms with Crippen molar-refractivity contribution in [3.8, 4) is 17.2 Å². The molecule has 1 saturated heterocycles. The molecule has 16 nitrogen and oxygen atoms in total. The number of carbonyl (C=O) groups excluding carboxylic acids is 4. The fraction of sp³-hybridized carbons (Fsp3) is 0.500. The largest absolute Gasteiger partial charge is 0.507 e. The average Bonchev–Trinajstić information content (AvgIpc) is 3.12. The van der Waals surface area contributed by atoms with Gasteiger partial charge < -0.3 is 54.9 Å². The minimum absolute atomic E-state index is 0.0494. The number of methoxy groups -OCH3 is 1. The van der Waals surface area contributed by atoms with Gasteiger partial charge in [-0.25, -0.2) is 4.79 Å². The maximum absolute atomic E-state index is 13.9. The summed E-state index contributed by atoms with van der Waals surface area (Å²) < 4.78 is 23.0. The molecule has 16 heteroatoms. The number of carboxylic acids is 1. The van der Waals surface area contributed by atoms with Gasteiger partial charge in [0.15, 0.2) is 17.9 Å². The zero-order valence-corrected chi connectivity index (χ0v) is 29.9. The number of ketones is 3. The Kier molecular flexibility index (Phi) is 10.6. The van der Waals surface area contributed by atoms with Crippen LogP contribution >= 0.6 is 0 Å². The fourth-order valence-electron chi connectivity index (χ4n) is 7.83. The quantitative estimate of drug-likeness (QED) is 0.129. The van der Waals surface area contributed by atoms with Gasteiger partial charge >= 0.3 is 12.1 Å². The number of fused-ring (bicyclic) bond motifs is 3. The number of amides is 1. The Morgan fingerprint density at radius 2 is 1.78 bits per heavy atom. The van der Waals surface area contributed by atoms with E-state index in [1.807, 2.05) is 0 Å². The third kappa shape index (κ3) is 6.84. The predicted octanol–water partition coefficient (Wildman–Crippen LogP) is 2.36. The van der Waals surface area contributed by atoms with Crippen LogP contribution < -0.4 is 10.1 Å². The van der Waals surface area contributed by atoms with Crippen LogP contribution in [-0.4, -0.2) is 110 Å². The van der Waals surface area contributed by atoms with E-state index >= 15 is 0 Å². The SMILES string of the molecule is COc1cccc2c1C(=O)c1c(O)c3c(c(O)c1C2=O)C[C@@](O)(C(=O)CO)C[C@@H]3O[C@H]1CC(NC(=O)O[C@@H]2/C=C/CC[C@](C)(C(=O)O)CC2)[C@H](O)C(C)O1. The van der Waals surface area contributed by atoms with Crippen molar-refractivity contribution in [1.29, 1.82) is 0 Å². The molecular formula is C38H43NO15. The molecule has 3 aliphatic carbocycles. The zero-order valence-electron chi connectivity index (χ0n) is 29.9. The van der Waals surface area contributed by atoms with E-state index in [0.29, 0.717) is 12.8 Å². The lowest BCUT2D eigenvalue weighted by Crippen LogP contribution is -2.56. The molecule has 0 radical (unpaired) electrons. The number of aromatic hydroxyl groups is 2. The number of hydrogen-bond acceptors (Lipinski definition) is 14. The molecule has 1 amide bonds. The number of ether oxygens (including phenoxy) is 4. The topological polar surface area (TPSA) is 256 Å². The smallest absolute Gasteiger partial charge is 0.408 e. The summed E-state index contributed by atoms with van der Waals surface area (Å²) in [7, 11) is 1.30. The highest BCUT2D eigenvalue weighted by Gasteiger charge is 2.50. The van der Waals surface area contributed by atoms with Gasteiger partial charge in [-0.05, 0) is 51.7 Å². The second-order valence-electron chi connectivity index (χ2n) is 14.6. The lowest BCUT2D eigenvalue weighted by Gasteiger charge is -2.42. The van der Waals surface area contributed by atoms with Gasteiger partial charge in [0.1, 0.15) is 41.7 Å². The van der Waals surface area contributed by atoms with E-state index in [4.69, 9.17) is 18.9 Å². The predicted molar refractivity (Wildman–Crippen MR) is 184 cm³/mol. The third-order valence-electron chi connectivity index (χ3n) is 11.0. The molecule has 2 aromatic carbocycles. The molecule has 4 aliphatic rings. The number of aliphatic carboxylic acids is 1. The molecule has 1 fully saturated rings. The number of rotatable bonds is 8. The van der Waals surface area contributed by atoms with Crippen molar-refractivity contribution in [1.82, 2.24) is 5.32 Å². The molecule has 8 atom stereocenters. The lowest BCUT2D eigenvalue weighted by atomic mass is 9.72. The van der Waals surface area contributed by atoms with Crippen LogP contribution in [0.15, 0.2) is 30.4 Å². The lowest BCUT2D eigenvalue weighted by molar-refractivity contribution is -0.249. The molecule has 2 unspecified atom stereocenters. The molecule has 2 aromatic rings. The highest BCUT2D eigenvalue weighted by molar-refractivity contribution is 6.31. The monoisotopic (exact) mass is 753 g/mol. The number of aliphatic hydroxyl groups excluding tert-OH is 2. The summed E-state index contributed by atoms with van der Waals surface area (Å²) in [6, 6.07) is 3.25. The van der Waals surface area contributed by atoms with Crippen LogP contribution in [0.3, 0.4) is 0 Å². The molecule has 54 heavy (non-hydrogen) atoms. The number of carbonyl (C=O) groups is 5. The van der Waals surface area contributed by atoms with Crippen molar-refractivity contribution in [2.45, 2.75) is 101 Å². The fourth-order valence-corrected chi connectivity index (χ4v) is 7.83. The molecule has 290 valence electrons. The minimum Gasteiger partial charge on any atom is -0.507 e. The second kappa shape index (κ2) is 14.8. The van der Waals surface area contributed by atoms with Crippen LogP contribution in [0.2, 0.25) is 0 Å². The van der Waals surface area contributed by atoms with E-state index in [2.05, 4.69) is 5.32 Å². The Morgan fingerprint density at radius 3 is 2.46 bits per heavy atom. The summed E-state index contributed by atoms with van der Waals surface area (Å²) in [6.07, 6.45) is -3.32. The summed E-state index contributed by atoms with van der Waals surface area (Å²) in [5, 5.41) is 67.9. The summed E-state index contributed by atoms with van der Waals surface area (Å²) in [4.78, 5) is 65.5. The van der Waals surface area contributed by atoms with E-state index in [1.165, 1.54) is 32.2 Å². The minimum atomic E-state index is -2.36. The molecule has 0 aromatic heterocycles.